The van der Waals surface area contributed by atoms with Gasteiger partial charge in [-0.1, -0.05) is 376 Å². The molecule has 3 aliphatic heterocycles. The summed E-state index contributed by atoms with van der Waals surface area (Å²) in [4.78, 5) is 13.5. The van der Waals surface area contributed by atoms with Crippen LogP contribution in [0.5, 0.6) is 0 Å². The van der Waals surface area contributed by atoms with Crippen LogP contribution in [0.2, 0.25) is 0 Å². The third kappa shape index (κ3) is 48.9. The van der Waals surface area contributed by atoms with E-state index < -0.39 is 124 Å². The van der Waals surface area contributed by atoms with Crippen molar-refractivity contribution >= 4 is 5.91 Å². The van der Waals surface area contributed by atoms with Crippen molar-refractivity contribution in [2.75, 3.05) is 26.4 Å². The molecule has 3 heterocycles. The summed E-state index contributed by atoms with van der Waals surface area (Å²) in [5.74, 6) is -0.235. The minimum absolute atomic E-state index is 0.235. The second-order valence-corrected chi connectivity index (χ2v) is 32.4. The number of hydrogen-bond donors (Lipinski definition) is 12. The van der Waals surface area contributed by atoms with Crippen molar-refractivity contribution in [2.45, 2.75) is 484 Å². The van der Waals surface area contributed by atoms with E-state index >= 15 is 0 Å². The number of nitrogens with one attached hydrogen (secondary N) is 1. The van der Waals surface area contributed by atoms with Gasteiger partial charge in [0.25, 0.3) is 0 Å². The summed E-state index contributed by atoms with van der Waals surface area (Å²) in [6.45, 7) is 1.75. The number of unbranched alkanes of at least 4 members (excludes halogenated alkanes) is 48. The third-order valence-corrected chi connectivity index (χ3v) is 22.6. The smallest absolute Gasteiger partial charge is 0.220 e. The molecule has 0 radical (unpaired) electrons. The highest BCUT2D eigenvalue weighted by atomic mass is 16.8. The number of carbonyl (C=O) groups is 1. The molecule has 19 nitrogen and oxygen atoms in total. The van der Waals surface area contributed by atoms with Gasteiger partial charge in [0.05, 0.1) is 38.6 Å². The fourth-order valence-corrected chi connectivity index (χ4v) is 15.4. The quantitative estimate of drug-likeness (QED) is 0.0199. The normalized spacial score (nSPS) is 25.4. The zero-order chi connectivity index (χ0) is 79.5. The predicted molar refractivity (Wildman–Crippen MR) is 443 cm³/mol. The maximum Gasteiger partial charge on any atom is 0.220 e. The minimum Gasteiger partial charge on any atom is -0.394 e. The van der Waals surface area contributed by atoms with Crippen molar-refractivity contribution in [3.63, 3.8) is 0 Å². The van der Waals surface area contributed by atoms with Crippen LogP contribution in [0, 0.1) is 0 Å². The van der Waals surface area contributed by atoms with E-state index in [9.17, 15) is 61.0 Å². The lowest BCUT2D eigenvalue weighted by Crippen LogP contribution is -2.66. The molecule has 3 rings (SSSR count). The van der Waals surface area contributed by atoms with Crippen LogP contribution in [-0.2, 0) is 33.2 Å². The maximum atomic E-state index is 13.5. The molecule has 0 aromatic carbocycles. The van der Waals surface area contributed by atoms with E-state index in [2.05, 4.69) is 79.9 Å². The Hall–Kier alpha value is -2.51. The van der Waals surface area contributed by atoms with Gasteiger partial charge in [-0.3, -0.25) is 4.79 Å². The summed E-state index contributed by atoms with van der Waals surface area (Å²) >= 11 is 0. The van der Waals surface area contributed by atoms with Crippen LogP contribution < -0.4 is 5.32 Å². The molecule has 19 heteroatoms. The summed E-state index contributed by atoms with van der Waals surface area (Å²) in [5, 5.41) is 121. The van der Waals surface area contributed by atoms with E-state index in [1.54, 1.807) is 0 Å². The maximum absolute atomic E-state index is 13.5. The number of hydrogen-bond acceptors (Lipinski definition) is 18. The van der Waals surface area contributed by atoms with E-state index in [-0.39, 0.29) is 18.9 Å². The highest BCUT2D eigenvalue weighted by molar-refractivity contribution is 5.76. The van der Waals surface area contributed by atoms with Crippen LogP contribution in [0.4, 0.5) is 0 Å². The van der Waals surface area contributed by atoms with E-state index in [0.717, 1.165) is 77.0 Å². The third-order valence-electron chi connectivity index (χ3n) is 22.6. The number of aliphatic hydroxyl groups is 11. The Morgan fingerprint density at radius 2 is 0.627 bits per heavy atom. The molecule has 12 N–H and O–H groups in total. The van der Waals surface area contributed by atoms with Gasteiger partial charge < -0.3 is 89.9 Å². The highest BCUT2D eigenvalue weighted by Crippen LogP contribution is 2.34. The van der Waals surface area contributed by atoms with Crippen molar-refractivity contribution in [3.05, 3.63) is 60.8 Å². The summed E-state index contributed by atoms with van der Waals surface area (Å²) in [6, 6.07) is -0.888. The lowest BCUT2D eigenvalue weighted by atomic mass is 9.96. The molecule has 3 fully saturated rings. The molecule has 0 aromatic heterocycles. The van der Waals surface area contributed by atoms with Crippen molar-refractivity contribution in [2.24, 2.45) is 0 Å². The fourth-order valence-electron chi connectivity index (χ4n) is 15.4. The Kier molecular flexibility index (Phi) is 65.3. The lowest BCUT2D eigenvalue weighted by molar-refractivity contribution is -0.379. The minimum atomic E-state index is -1.97. The van der Waals surface area contributed by atoms with Gasteiger partial charge in [-0.2, -0.15) is 0 Å². The molecule has 0 bridgehead atoms. The molecule has 0 saturated carbocycles. The van der Waals surface area contributed by atoms with Gasteiger partial charge in [0.15, 0.2) is 18.9 Å². The van der Waals surface area contributed by atoms with Crippen molar-refractivity contribution in [1.29, 1.82) is 0 Å². The number of aliphatic hydroxyl groups excluding tert-OH is 11. The van der Waals surface area contributed by atoms with Crippen molar-refractivity contribution in [3.8, 4) is 0 Å². The molecule has 0 aliphatic carbocycles. The van der Waals surface area contributed by atoms with Crippen LogP contribution in [0.3, 0.4) is 0 Å². The van der Waals surface area contributed by atoms with E-state index in [1.807, 2.05) is 0 Å². The molecular weight excluding hydrogens is 1390 g/mol. The lowest BCUT2D eigenvalue weighted by Gasteiger charge is -2.48. The Labute approximate surface area is 668 Å². The standard InChI is InChI=1S/C91H167NO18/c1-3-5-7-9-11-13-15-17-19-21-23-25-27-29-30-31-32-33-34-35-36-37-38-39-40-41-42-43-44-45-47-49-51-53-55-57-59-61-63-65-67-69-79(97)92-74(75(96)68-66-64-62-60-58-56-54-52-50-48-46-28-26-24-22-20-18-16-14-12-10-8-6-4-2)73-105-89-85(103)82(100)87(77(71-94)107-89)110-91-86(104)83(101)88(78(72-95)108-91)109-90-84(102)81(99)80(98)76(70-93)106-90/h5,7,11,13,17,19,23,25,29-30,74-78,80-91,93-96,98-104H,3-4,6,8-10,12,14-16,18,20-22,24,26-28,31-73H2,1-2H3,(H,92,97)/b7-5-,13-11-,19-17-,25-23-,30-29-. The zero-order valence-corrected chi connectivity index (χ0v) is 69.5. The summed E-state index contributed by atoms with van der Waals surface area (Å²) < 4.78 is 34.6. The zero-order valence-electron chi connectivity index (χ0n) is 69.5. The Bertz CT molecular complexity index is 2220. The van der Waals surface area contributed by atoms with E-state index in [4.69, 9.17) is 28.4 Å². The molecule has 0 aromatic rings. The van der Waals surface area contributed by atoms with E-state index in [0.29, 0.717) is 12.8 Å². The van der Waals surface area contributed by atoms with Gasteiger partial charge in [-0.05, 0) is 57.8 Å². The topological polar surface area (TPSA) is 307 Å². The number of allylic oxidation sites excluding steroid dienone is 10. The van der Waals surface area contributed by atoms with Gasteiger partial charge in [0.1, 0.15) is 73.2 Å². The second-order valence-electron chi connectivity index (χ2n) is 32.4. The fraction of sp³-hybridized carbons (Fsp3) is 0.879. The average Bonchev–Trinajstić information content (AvgIpc) is 0.782. The molecule has 1 amide bonds. The molecule has 3 saturated heterocycles. The van der Waals surface area contributed by atoms with Gasteiger partial charge in [0.2, 0.25) is 5.91 Å². The van der Waals surface area contributed by atoms with Crippen LogP contribution in [-0.4, -0.2) is 193 Å². The number of ether oxygens (including phenoxy) is 6. The molecule has 0 spiro atoms. The second kappa shape index (κ2) is 70.7. The number of rotatable bonds is 74. The highest BCUT2D eigenvalue weighted by Gasteiger charge is 2.54. The van der Waals surface area contributed by atoms with Gasteiger partial charge in [-0.25, -0.2) is 0 Å². The Morgan fingerprint density at radius 3 is 0.982 bits per heavy atom. The molecule has 17 unspecified atom stereocenters. The van der Waals surface area contributed by atoms with E-state index in [1.165, 1.54) is 270 Å². The van der Waals surface area contributed by atoms with Crippen LogP contribution in [0.15, 0.2) is 60.8 Å². The average molecular weight is 1560 g/mol. The molecule has 644 valence electrons. The van der Waals surface area contributed by atoms with Crippen LogP contribution >= 0.6 is 0 Å². The molecule has 17 atom stereocenters. The van der Waals surface area contributed by atoms with Crippen molar-refractivity contribution < 1.29 is 89.4 Å². The van der Waals surface area contributed by atoms with Gasteiger partial charge in [-0.15, -0.1) is 0 Å². The largest absolute Gasteiger partial charge is 0.394 e. The van der Waals surface area contributed by atoms with Gasteiger partial charge in [0, 0.05) is 6.42 Å². The summed E-state index contributed by atoms with van der Waals surface area (Å²) in [7, 11) is 0. The first-order valence-electron chi connectivity index (χ1n) is 45.5. The SMILES string of the molecule is CC/C=C\C/C=C\C/C=C\C/C=C\C/C=C\CCCCCCCCCCCCCCCCCCCCCCCCCCCC(=O)NC(COC1OC(CO)C(OC2OC(CO)C(OC3OC(CO)C(O)C(O)C3O)C(O)C2O)C(O)C1O)C(O)CCCCCCCCCCCCCCCCCCCCCCCCCC. The molecule has 110 heavy (non-hydrogen) atoms. The van der Waals surface area contributed by atoms with Crippen LogP contribution in [0.1, 0.15) is 380 Å². The van der Waals surface area contributed by atoms with Crippen molar-refractivity contribution in [1.82, 2.24) is 5.32 Å². The summed E-state index contributed by atoms with van der Waals surface area (Å²) in [6.07, 6.45) is 66.2. The van der Waals surface area contributed by atoms with Crippen LogP contribution in [0.25, 0.3) is 0 Å². The Morgan fingerprint density at radius 1 is 0.336 bits per heavy atom. The predicted octanol–water partition coefficient (Wildman–Crippen LogP) is 17.4. The summed E-state index contributed by atoms with van der Waals surface area (Å²) in [5.41, 5.74) is 0. The molecule has 3 aliphatic rings. The van der Waals surface area contributed by atoms with Gasteiger partial charge >= 0.3 is 0 Å². The number of amides is 1. The Balaban J connectivity index is 1.28. The first-order chi connectivity index (χ1) is 53.8. The molecular formula is C91H167NO18. The first-order valence-corrected chi connectivity index (χ1v) is 45.5. The number of carbonyl (C=O) groups excluding carboxylic acids is 1. The first kappa shape index (κ1) is 102. The monoisotopic (exact) mass is 1560 g/mol.